The fourth-order valence-electron chi connectivity index (χ4n) is 1.21. The lowest BCUT2D eigenvalue weighted by Crippen LogP contribution is -1.96. The summed E-state index contributed by atoms with van der Waals surface area (Å²) in [5, 5.41) is 9.28. The number of thioether (sulfide) groups is 1. The normalized spacial score (nSPS) is 10.6. The van der Waals surface area contributed by atoms with Crippen molar-refractivity contribution in [2.45, 2.75) is 18.8 Å². The topological polar surface area (TPSA) is 48.2 Å². The zero-order valence-electron chi connectivity index (χ0n) is 9.52. The van der Waals surface area contributed by atoms with E-state index in [0.717, 1.165) is 5.75 Å². The predicted molar refractivity (Wildman–Crippen MR) is 71.5 cm³/mol. The first-order chi connectivity index (χ1) is 8.69. The van der Waals surface area contributed by atoms with Crippen LogP contribution in [0.2, 0.25) is 10.0 Å². The van der Waals surface area contributed by atoms with E-state index in [1.807, 2.05) is 6.92 Å². The third kappa shape index (κ3) is 3.54. The van der Waals surface area contributed by atoms with Crippen LogP contribution in [0.1, 0.15) is 12.8 Å². The van der Waals surface area contributed by atoms with E-state index in [-0.39, 0.29) is 6.61 Å². The van der Waals surface area contributed by atoms with Gasteiger partial charge in [-0.1, -0.05) is 41.9 Å². The molecule has 1 heterocycles. The van der Waals surface area contributed by atoms with Crippen molar-refractivity contribution in [2.24, 2.45) is 0 Å². The number of rotatable bonds is 5. The summed E-state index contributed by atoms with van der Waals surface area (Å²) >= 11 is 13.2. The Morgan fingerprint density at radius 2 is 2.17 bits per heavy atom. The molecule has 2 aromatic rings. The zero-order chi connectivity index (χ0) is 13.0. The largest absolute Gasteiger partial charge is 0.482 e. The first kappa shape index (κ1) is 13.5. The molecule has 0 bridgehead atoms. The molecular formula is C11H10Cl2N2O2S. The van der Waals surface area contributed by atoms with Crippen LogP contribution in [0.25, 0.3) is 0 Å². The van der Waals surface area contributed by atoms with E-state index in [0.29, 0.717) is 26.9 Å². The maximum Gasteiger partial charge on any atom is 0.276 e. The molecule has 0 aliphatic carbocycles. The molecule has 0 radical (unpaired) electrons. The molecule has 0 aliphatic rings. The summed E-state index contributed by atoms with van der Waals surface area (Å²) in [7, 11) is 0. The third-order valence-electron chi connectivity index (χ3n) is 1.96. The van der Waals surface area contributed by atoms with Crippen LogP contribution in [-0.2, 0) is 6.61 Å². The van der Waals surface area contributed by atoms with Crippen LogP contribution in [0.15, 0.2) is 27.8 Å². The van der Waals surface area contributed by atoms with Gasteiger partial charge in [-0.15, -0.1) is 10.2 Å². The minimum absolute atomic E-state index is 0.179. The summed E-state index contributed by atoms with van der Waals surface area (Å²) in [6.45, 7) is 2.19. The van der Waals surface area contributed by atoms with Gasteiger partial charge in [-0.25, -0.2) is 0 Å². The maximum atomic E-state index is 5.97. The molecule has 1 aromatic heterocycles. The molecule has 0 saturated heterocycles. The van der Waals surface area contributed by atoms with Crippen LogP contribution in [0.5, 0.6) is 5.75 Å². The predicted octanol–water partition coefficient (Wildman–Crippen LogP) is 4.07. The lowest BCUT2D eigenvalue weighted by molar-refractivity contribution is 0.252. The molecule has 0 amide bonds. The van der Waals surface area contributed by atoms with Crippen molar-refractivity contribution < 1.29 is 9.15 Å². The van der Waals surface area contributed by atoms with E-state index in [1.54, 1.807) is 18.2 Å². The maximum absolute atomic E-state index is 5.97. The number of nitrogens with zero attached hydrogens (tertiary/aromatic N) is 2. The van der Waals surface area contributed by atoms with Crippen molar-refractivity contribution in [3.63, 3.8) is 0 Å². The highest BCUT2D eigenvalue weighted by Gasteiger charge is 2.08. The highest BCUT2D eigenvalue weighted by Crippen LogP contribution is 2.28. The summed E-state index contributed by atoms with van der Waals surface area (Å²) in [6, 6.07) is 5.02. The molecule has 0 aliphatic heterocycles. The standard InChI is InChI=1S/C11H10Cl2N2O2S/c1-2-18-11-15-14-10(17-11)6-16-9-4-3-7(12)5-8(9)13/h3-5H,2,6H2,1H3. The molecule has 2 rings (SSSR count). The van der Waals surface area contributed by atoms with Crippen LogP contribution in [0.4, 0.5) is 0 Å². The molecule has 1 aromatic carbocycles. The van der Waals surface area contributed by atoms with Gasteiger partial charge in [-0.3, -0.25) is 0 Å². The lowest BCUT2D eigenvalue weighted by atomic mass is 10.3. The molecule has 0 N–H and O–H groups in total. The Kier molecular flexibility index (Phi) is 4.74. The van der Waals surface area contributed by atoms with Crippen molar-refractivity contribution in [1.29, 1.82) is 0 Å². The molecule has 96 valence electrons. The van der Waals surface area contributed by atoms with Gasteiger partial charge in [0.1, 0.15) is 5.75 Å². The minimum atomic E-state index is 0.179. The molecule has 18 heavy (non-hydrogen) atoms. The summed E-state index contributed by atoms with van der Waals surface area (Å²) < 4.78 is 10.8. The van der Waals surface area contributed by atoms with Crippen molar-refractivity contribution >= 4 is 35.0 Å². The Hall–Kier alpha value is -0.910. The Labute approximate surface area is 119 Å². The summed E-state index contributed by atoms with van der Waals surface area (Å²) in [5.74, 6) is 1.83. The minimum Gasteiger partial charge on any atom is -0.482 e. The Morgan fingerprint density at radius 3 is 2.89 bits per heavy atom. The average molecular weight is 305 g/mol. The molecule has 0 saturated carbocycles. The second-order valence-corrected chi connectivity index (χ2v) is 5.32. The Balaban J connectivity index is 1.97. The number of ether oxygens (including phenoxy) is 1. The van der Waals surface area contributed by atoms with Gasteiger partial charge >= 0.3 is 0 Å². The summed E-state index contributed by atoms with van der Waals surface area (Å²) in [6.07, 6.45) is 0. The van der Waals surface area contributed by atoms with E-state index < -0.39 is 0 Å². The van der Waals surface area contributed by atoms with E-state index in [4.69, 9.17) is 32.4 Å². The van der Waals surface area contributed by atoms with Crippen LogP contribution in [-0.4, -0.2) is 16.0 Å². The number of hydrogen-bond donors (Lipinski definition) is 0. The van der Waals surface area contributed by atoms with Gasteiger partial charge in [-0.2, -0.15) is 0 Å². The van der Waals surface area contributed by atoms with E-state index in [1.165, 1.54) is 11.8 Å². The smallest absolute Gasteiger partial charge is 0.276 e. The van der Waals surface area contributed by atoms with Gasteiger partial charge in [0.2, 0.25) is 0 Å². The van der Waals surface area contributed by atoms with E-state index in [2.05, 4.69) is 10.2 Å². The lowest BCUT2D eigenvalue weighted by Gasteiger charge is -2.05. The first-order valence-electron chi connectivity index (χ1n) is 5.22. The van der Waals surface area contributed by atoms with E-state index >= 15 is 0 Å². The van der Waals surface area contributed by atoms with Crippen LogP contribution >= 0.6 is 35.0 Å². The molecule has 0 fully saturated rings. The number of aromatic nitrogens is 2. The first-order valence-corrected chi connectivity index (χ1v) is 6.96. The van der Waals surface area contributed by atoms with Crippen molar-refractivity contribution in [1.82, 2.24) is 10.2 Å². The van der Waals surface area contributed by atoms with Crippen molar-refractivity contribution in [2.75, 3.05) is 5.75 Å². The van der Waals surface area contributed by atoms with Crippen molar-refractivity contribution in [3.8, 4) is 5.75 Å². The fourth-order valence-corrected chi connectivity index (χ4v) is 2.17. The molecular weight excluding hydrogens is 295 g/mol. The van der Waals surface area contributed by atoms with Crippen LogP contribution in [0, 0.1) is 0 Å². The van der Waals surface area contributed by atoms with Crippen LogP contribution < -0.4 is 4.74 Å². The van der Waals surface area contributed by atoms with Gasteiger partial charge < -0.3 is 9.15 Å². The highest BCUT2D eigenvalue weighted by atomic mass is 35.5. The molecule has 0 atom stereocenters. The Morgan fingerprint density at radius 1 is 1.33 bits per heavy atom. The number of hydrogen-bond acceptors (Lipinski definition) is 5. The van der Waals surface area contributed by atoms with Gasteiger partial charge in [0.05, 0.1) is 5.02 Å². The fraction of sp³-hybridized carbons (Fsp3) is 0.273. The zero-order valence-corrected chi connectivity index (χ0v) is 11.8. The second kappa shape index (κ2) is 6.31. The van der Waals surface area contributed by atoms with Gasteiger partial charge in [-0.05, 0) is 24.0 Å². The second-order valence-electron chi connectivity index (χ2n) is 3.26. The highest BCUT2D eigenvalue weighted by molar-refractivity contribution is 7.99. The molecule has 0 spiro atoms. The SMILES string of the molecule is CCSc1nnc(COc2ccc(Cl)cc2Cl)o1. The molecule has 0 unspecified atom stereocenters. The quantitative estimate of drug-likeness (QED) is 0.779. The monoisotopic (exact) mass is 304 g/mol. The van der Waals surface area contributed by atoms with Gasteiger partial charge in [0.15, 0.2) is 6.61 Å². The summed E-state index contributed by atoms with van der Waals surface area (Å²) in [4.78, 5) is 0. The Bertz CT molecular complexity index is 534. The molecule has 4 nitrogen and oxygen atoms in total. The number of halogens is 2. The summed E-state index contributed by atoms with van der Waals surface area (Å²) in [5.41, 5.74) is 0. The number of benzene rings is 1. The van der Waals surface area contributed by atoms with Crippen molar-refractivity contribution in [3.05, 3.63) is 34.1 Å². The third-order valence-corrected chi connectivity index (χ3v) is 3.19. The van der Waals surface area contributed by atoms with Gasteiger partial charge in [0, 0.05) is 5.02 Å². The van der Waals surface area contributed by atoms with E-state index in [9.17, 15) is 0 Å². The van der Waals surface area contributed by atoms with Gasteiger partial charge in [0.25, 0.3) is 11.1 Å². The average Bonchev–Trinajstić information content (AvgIpc) is 2.76. The van der Waals surface area contributed by atoms with Crippen LogP contribution in [0.3, 0.4) is 0 Å². The molecule has 7 heteroatoms.